The van der Waals surface area contributed by atoms with Crippen molar-refractivity contribution in [3.63, 3.8) is 0 Å². The molecule has 7 heteroatoms. The molecule has 5 nitrogen and oxygen atoms in total. The molecule has 0 amide bonds. The summed E-state index contributed by atoms with van der Waals surface area (Å²) in [5, 5.41) is 0. The van der Waals surface area contributed by atoms with Crippen LogP contribution < -0.4 is 9.64 Å². The molecule has 2 heterocycles. The number of piperazine rings is 1. The highest BCUT2D eigenvalue weighted by molar-refractivity contribution is 7.97. The minimum atomic E-state index is -0.192. The van der Waals surface area contributed by atoms with Crippen molar-refractivity contribution in [3.8, 4) is 5.75 Å². The Morgan fingerprint density at radius 2 is 1.79 bits per heavy atom. The maximum absolute atomic E-state index is 13.1. The second kappa shape index (κ2) is 9.15. The molecule has 0 N–H and O–H groups in total. The zero-order valence-electron chi connectivity index (χ0n) is 16.6. The molecule has 0 aromatic heterocycles. The maximum Gasteiger partial charge on any atom is 0.178 e. The van der Waals surface area contributed by atoms with Crippen molar-refractivity contribution >= 4 is 23.4 Å². The highest BCUT2D eigenvalue weighted by Gasteiger charge is 2.25. The van der Waals surface area contributed by atoms with Gasteiger partial charge in [0.1, 0.15) is 11.6 Å². The normalized spacial score (nSPS) is 18.0. The lowest BCUT2D eigenvalue weighted by Gasteiger charge is -2.36. The van der Waals surface area contributed by atoms with Crippen LogP contribution in [0, 0.1) is 5.82 Å². The van der Waals surface area contributed by atoms with E-state index in [0.29, 0.717) is 6.54 Å². The van der Waals surface area contributed by atoms with Crippen molar-refractivity contribution in [2.24, 2.45) is 0 Å². The molecule has 0 bridgehead atoms. The topological polar surface area (TPSA) is 36.0 Å². The third kappa shape index (κ3) is 4.91. The van der Waals surface area contributed by atoms with Gasteiger partial charge in [0.25, 0.3) is 0 Å². The third-order valence-corrected chi connectivity index (χ3v) is 6.59. The third-order valence-electron chi connectivity index (χ3n) is 5.48. The first-order valence-corrected chi connectivity index (χ1v) is 10.8. The van der Waals surface area contributed by atoms with Gasteiger partial charge in [-0.1, -0.05) is 0 Å². The Kier molecular flexibility index (Phi) is 6.37. The van der Waals surface area contributed by atoms with Crippen molar-refractivity contribution in [1.82, 2.24) is 9.21 Å². The molecule has 0 saturated carbocycles. The summed E-state index contributed by atoms with van der Waals surface area (Å²) in [6.07, 6.45) is 1.02. The van der Waals surface area contributed by atoms with E-state index in [9.17, 15) is 9.18 Å². The summed E-state index contributed by atoms with van der Waals surface area (Å²) in [4.78, 5) is 18.2. The number of hydrogen-bond donors (Lipinski definition) is 0. The number of anilines is 1. The van der Waals surface area contributed by atoms with E-state index in [1.807, 2.05) is 30.3 Å². The molecule has 4 rings (SSSR count). The van der Waals surface area contributed by atoms with E-state index in [1.54, 1.807) is 19.1 Å². The summed E-state index contributed by atoms with van der Waals surface area (Å²) in [6.45, 7) is 6.28. The van der Waals surface area contributed by atoms with Crippen molar-refractivity contribution < 1.29 is 13.9 Å². The van der Waals surface area contributed by atoms with Gasteiger partial charge in [0.05, 0.1) is 13.7 Å². The van der Waals surface area contributed by atoms with Crippen molar-refractivity contribution in [2.45, 2.75) is 11.3 Å². The molecule has 2 aromatic rings. The number of halogens is 1. The quantitative estimate of drug-likeness (QED) is 0.672. The van der Waals surface area contributed by atoms with Gasteiger partial charge >= 0.3 is 0 Å². The number of methoxy groups -OCH3 is 1. The predicted molar refractivity (Wildman–Crippen MR) is 114 cm³/mol. The Bertz CT molecular complexity index is 854. The second-order valence-electron chi connectivity index (χ2n) is 7.40. The maximum atomic E-state index is 13.1. The number of benzene rings is 2. The molecule has 0 aliphatic carbocycles. The SMILES string of the molecule is COc1ccc2c(c1)SN(CCCN1CCN(c3ccc(F)cc3)CC1)CC2=O. The molecule has 1 fully saturated rings. The fourth-order valence-corrected chi connectivity index (χ4v) is 4.96. The molecule has 29 heavy (non-hydrogen) atoms. The van der Waals surface area contributed by atoms with Crippen LogP contribution in [0.15, 0.2) is 47.4 Å². The lowest BCUT2D eigenvalue weighted by Crippen LogP contribution is -2.47. The van der Waals surface area contributed by atoms with Crippen LogP contribution >= 0.6 is 11.9 Å². The number of fused-ring (bicyclic) bond motifs is 1. The highest BCUT2D eigenvalue weighted by atomic mass is 32.2. The predicted octanol–water partition coefficient (Wildman–Crippen LogP) is 3.55. The Labute approximate surface area is 175 Å². The van der Waals surface area contributed by atoms with Crippen LogP contribution in [-0.4, -0.2) is 67.9 Å². The van der Waals surface area contributed by atoms with Crippen LogP contribution in [0.5, 0.6) is 5.75 Å². The van der Waals surface area contributed by atoms with Crippen molar-refractivity contribution in [2.75, 3.05) is 57.8 Å². The van der Waals surface area contributed by atoms with E-state index in [2.05, 4.69) is 14.1 Å². The van der Waals surface area contributed by atoms with Gasteiger partial charge < -0.3 is 9.64 Å². The van der Waals surface area contributed by atoms with E-state index in [-0.39, 0.29) is 11.6 Å². The van der Waals surface area contributed by atoms with Crippen LogP contribution in [0.1, 0.15) is 16.8 Å². The number of nitrogens with zero attached hydrogens (tertiary/aromatic N) is 3. The highest BCUT2D eigenvalue weighted by Crippen LogP contribution is 2.34. The minimum Gasteiger partial charge on any atom is -0.497 e. The number of Topliss-reactive ketones (excluding diaryl/α,β-unsaturated/α-hetero) is 1. The number of carbonyl (C=O) groups excluding carboxylic acids is 1. The Morgan fingerprint density at radius 3 is 2.52 bits per heavy atom. The van der Waals surface area contributed by atoms with Gasteiger partial charge in [-0.25, -0.2) is 8.70 Å². The molecule has 2 aliphatic heterocycles. The number of carbonyl (C=O) groups is 1. The molecule has 1 saturated heterocycles. The smallest absolute Gasteiger partial charge is 0.178 e. The largest absolute Gasteiger partial charge is 0.497 e. The Morgan fingerprint density at radius 1 is 1.03 bits per heavy atom. The summed E-state index contributed by atoms with van der Waals surface area (Å²) in [5.41, 5.74) is 1.88. The van der Waals surface area contributed by atoms with E-state index in [0.717, 1.165) is 67.6 Å². The standard InChI is InChI=1S/C22H26FN3O2S/c1-28-19-7-8-20-21(27)16-26(29-22(20)15-19)10-2-9-24-11-13-25(14-12-24)18-5-3-17(23)4-6-18/h3-8,15H,2,9-14,16H2,1H3. The Hall–Kier alpha value is -2.09. The van der Waals surface area contributed by atoms with Gasteiger partial charge in [0.2, 0.25) is 0 Å². The number of rotatable bonds is 6. The Balaban J connectivity index is 1.23. The minimum absolute atomic E-state index is 0.175. The van der Waals surface area contributed by atoms with Crippen LogP contribution in [-0.2, 0) is 0 Å². The molecule has 0 radical (unpaired) electrons. The van der Waals surface area contributed by atoms with Gasteiger partial charge in [-0.15, -0.1) is 0 Å². The lowest BCUT2D eigenvalue weighted by molar-refractivity contribution is 0.0961. The molecule has 0 unspecified atom stereocenters. The lowest BCUT2D eigenvalue weighted by atomic mass is 10.1. The average Bonchev–Trinajstić information content (AvgIpc) is 2.74. The summed E-state index contributed by atoms with van der Waals surface area (Å²) in [7, 11) is 1.64. The summed E-state index contributed by atoms with van der Waals surface area (Å²) < 4.78 is 20.5. The fourth-order valence-electron chi connectivity index (χ4n) is 3.83. The van der Waals surface area contributed by atoms with Gasteiger partial charge in [-0.3, -0.25) is 9.69 Å². The fraction of sp³-hybridized carbons (Fsp3) is 0.409. The van der Waals surface area contributed by atoms with Gasteiger partial charge in [0, 0.05) is 48.9 Å². The van der Waals surface area contributed by atoms with Crippen LogP contribution in [0.2, 0.25) is 0 Å². The zero-order valence-corrected chi connectivity index (χ0v) is 17.5. The first kappa shape index (κ1) is 20.2. The number of hydrogen-bond acceptors (Lipinski definition) is 6. The molecule has 0 atom stereocenters. The van der Waals surface area contributed by atoms with Crippen LogP contribution in [0.4, 0.5) is 10.1 Å². The van der Waals surface area contributed by atoms with E-state index < -0.39 is 0 Å². The molecule has 154 valence electrons. The number of ketones is 1. The van der Waals surface area contributed by atoms with Crippen LogP contribution in [0.25, 0.3) is 0 Å². The molecule has 2 aromatic carbocycles. The monoisotopic (exact) mass is 415 g/mol. The second-order valence-corrected chi connectivity index (χ2v) is 8.54. The average molecular weight is 416 g/mol. The number of ether oxygens (including phenoxy) is 1. The van der Waals surface area contributed by atoms with Gasteiger partial charge in [-0.2, -0.15) is 0 Å². The van der Waals surface area contributed by atoms with E-state index >= 15 is 0 Å². The molecule has 0 spiro atoms. The van der Waals surface area contributed by atoms with Gasteiger partial charge in [-0.05, 0) is 67.4 Å². The molecular formula is C22H26FN3O2S. The summed E-state index contributed by atoms with van der Waals surface area (Å²) in [5.74, 6) is 0.766. The van der Waals surface area contributed by atoms with Crippen LogP contribution in [0.3, 0.4) is 0 Å². The molecule has 2 aliphatic rings. The van der Waals surface area contributed by atoms with Crippen molar-refractivity contribution in [3.05, 3.63) is 53.8 Å². The summed E-state index contributed by atoms with van der Waals surface area (Å²) >= 11 is 1.65. The first-order chi connectivity index (χ1) is 14.1. The van der Waals surface area contributed by atoms with E-state index in [1.165, 1.54) is 12.1 Å². The molecular weight excluding hydrogens is 389 g/mol. The van der Waals surface area contributed by atoms with Gasteiger partial charge in [0.15, 0.2) is 5.78 Å². The zero-order chi connectivity index (χ0) is 20.2. The van der Waals surface area contributed by atoms with E-state index in [4.69, 9.17) is 4.74 Å². The first-order valence-electron chi connectivity index (χ1n) is 9.99. The summed E-state index contributed by atoms with van der Waals surface area (Å²) in [6, 6.07) is 12.4. The van der Waals surface area contributed by atoms with Crippen molar-refractivity contribution in [1.29, 1.82) is 0 Å².